The van der Waals surface area contributed by atoms with Crippen LogP contribution in [0.2, 0.25) is 5.02 Å². The van der Waals surface area contributed by atoms with Crippen LogP contribution >= 0.6 is 22.9 Å². The highest BCUT2D eigenvalue weighted by Crippen LogP contribution is 2.35. The molecule has 4 rings (SSSR count). The molecular formula is C12H7ClN6S. The molecule has 8 heteroatoms. The van der Waals surface area contributed by atoms with Crippen LogP contribution in [0.25, 0.3) is 21.1 Å². The second-order valence-corrected chi connectivity index (χ2v) is 5.52. The standard InChI is InChI=1S/C12H7ClN6S/c13-7-4-8-10(6-5-16-19-9(6)7)17-12(20-8)18-11-14-2-1-3-15-11/h1-5H,(H,16,19)(H,14,15,17,18). The van der Waals surface area contributed by atoms with Crippen LogP contribution in [0.1, 0.15) is 0 Å². The quantitative estimate of drug-likeness (QED) is 0.593. The predicted molar refractivity (Wildman–Crippen MR) is 79.6 cm³/mol. The molecule has 3 aromatic heterocycles. The van der Waals surface area contributed by atoms with Gasteiger partial charge in [-0.3, -0.25) is 5.10 Å². The number of nitrogens with zero attached hydrogens (tertiary/aromatic N) is 4. The molecule has 3 heterocycles. The summed E-state index contributed by atoms with van der Waals surface area (Å²) in [4.78, 5) is 12.8. The highest BCUT2D eigenvalue weighted by atomic mass is 35.5. The van der Waals surface area contributed by atoms with Gasteiger partial charge in [-0.25, -0.2) is 15.0 Å². The maximum Gasteiger partial charge on any atom is 0.228 e. The van der Waals surface area contributed by atoms with Crippen molar-refractivity contribution in [1.29, 1.82) is 0 Å². The number of aromatic amines is 1. The lowest BCUT2D eigenvalue weighted by Crippen LogP contribution is -1.94. The van der Waals surface area contributed by atoms with Crippen molar-refractivity contribution in [3.8, 4) is 0 Å². The third-order valence-electron chi connectivity index (χ3n) is 2.83. The first-order valence-electron chi connectivity index (χ1n) is 5.77. The van der Waals surface area contributed by atoms with Gasteiger partial charge < -0.3 is 5.32 Å². The fourth-order valence-electron chi connectivity index (χ4n) is 1.97. The van der Waals surface area contributed by atoms with Gasteiger partial charge in [-0.05, 0) is 12.1 Å². The largest absolute Gasteiger partial charge is 0.300 e. The molecular weight excluding hydrogens is 296 g/mol. The Balaban J connectivity index is 1.86. The van der Waals surface area contributed by atoms with E-state index < -0.39 is 0 Å². The SMILES string of the molecule is Clc1cc2sc(Nc3ncccn3)nc2c2cn[nH]c12. The van der Waals surface area contributed by atoms with Gasteiger partial charge in [-0.2, -0.15) is 5.10 Å². The fourth-order valence-corrected chi connectivity index (χ4v) is 3.20. The summed E-state index contributed by atoms with van der Waals surface area (Å²) in [5, 5.41) is 12.2. The van der Waals surface area contributed by atoms with Crippen LogP contribution in [-0.4, -0.2) is 25.1 Å². The third kappa shape index (κ3) is 1.79. The lowest BCUT2D eigenvalue weighted by molar-refractivity contribution is 1.12. The van der Waals surface area contributed by atoms with E-state index in [1.165, 1.54) is 11.3 Å². The molecule has 0 bridgehead atoms. The minimum absolute atomic E-state index is 0.515. The van der Waals surface area contributed by atoms with E-state index in [0.29, 0.717) is 11.0 Å². The van der Waals surface area contributed by atoms with E-state index >= 15 is 0 Å². The number of hydrogen-bond acceptors (Lipinski definition) is 6. The van der Waals surface area contributed by atoms with Crippen molar-refractivity contribution in [1.82, 2.24) is 25.1 Å². The van der Waals surface area contributed by atoms with Crippen LogP contribution in [0.3, 0.4) is 0 Å². The van der Waals surface area contributed by atoms with Gasteiger partial charge in [-0.15, -0.1) is 0 Å². The molecule has 0 radical (unpaired) electrons. The maximum atomic E-state index is 6.21. The zero-order valence-corrected chi connectivity index (χ0v) is 11.5. The topological polar surface area (TPSA) is 79.4 Å². The molecule has 2 N–H and O–H groups in total. The number of benzene rings is 1. The minimum Gasteiger partial charge on any atom is -0.300 e. The van der Waals surface area contributed by atoms with E-state index in [2.05, 4.69) is 30.5 Å². The Morgan fingerprint density at radius 1 is 1.25 bits per heavy atom. The number of hydrogen-bond donors (Lipinski definition) is 2. The van der Waals surface area contributed by atoms with Gasteiger partial charge in [0.1, 0.15) is 0 Å². The van der Waals surface area contributed by atoms with Crippen LogP contribution in [0, 0.1) is 0 Å². The molecule has 98 valence electrons. The first-order chi connectivity index (χ1) is 9.81. The smallest absolute Gasteiger partial charge is 0.228 e. The van der Waals surface area contributed by atoms with Crippen molar-refractivity contribution in [2.75, 3.05) is 5.32 Å². The van der Waals surface area contributed by atoms with Gasteiger partial charge in [-0.1, -0.05) is 22.9 Å². The van der Waals surface area contributed by atoms with Crippen molar-refractivity contribution in [2.24, 2.45) is 0 Å². The van der Waals surface area contributed by atoms with Crippen LogP contribution in [0.15, 0.2) is 30.7 Å². The first kappa shape index (κ1) is 11.6. The molecule has 0 saturated carbocycles. The third-order valence-corrected chi connectivity index (χ3v) is 4.04. The fraction of sp³-hybridized carbons (Fsp3) is 0. The highest BCUT2D eigenvalue weighted by Gasteiger charge is 2.12. The minimum atomic E-state index is 0.515. The number of H-pyrrole nitrogens is 1. The summed E-state index contributed by atoms with van der Waals surface area (Å²) in [5.74, 6) is 0.515. The van der Waals surface area contributed by atoms with Gasteiger partial charge in [0, 0.05) is 17.8 Å². The van der Waals surface area contributed by atoms with Gasteiger partial charge in [0.05, 0.1) is 27.0 Å². The normalized spacial score (nSPS) is 11.2. The number of fused-ring (bicyclic) bond motifs is 3. The van der Waals surface area contributed by atoms with E-state index in [1.807, 2.05) is 6.07 Å². The number of anilines is 2. The Morgan fingerprint density at radius 3 is 2.95 bits per heavy atom. The molecule has 0 fully saturated rings. The molecule has 6 nitrogen and oxygen atoms in total. The predicted octanol–water partition coefficient (Wildman–Crippen LogP) is 3.36. The van der Waals surface area contributed by atoms with Crippen molar-refractivity contribution in [3.05, 3.63) is 35.7 Å². The Hall–Kier alpha value is -2.25. The van der Waals surface area contributed by atoms with E-state index in [4.69, 9.17) is 11.6 Å². The number of halogens is 1. The lowest BCUT2D eigenvalue weighted by Gasteiger charge is -1.97. The molecule has 4 aromatic rings. The molecule has 0 aliphatic carbocycles. The summed E-state index contributed by atoms with van der Waals surface area (Å²) in [7, 11) is 0. The van der Waals surface area contributed by atoms with E-state index in [9.17, 15) is 0 Å². The number of thiazole rings is 1. The Bertz CT molecular complexity index is 900. The molecule has 0 atom stereocenters. The lowest BCUT2D eigenvalue weighted by atomic mass is 10.2. The van der Waals surface area contributed by atoms with Crippen LogP contribution in [0.5, 0.6) is 0 Å². The Kier molecular flexibility index (Phi) is 2.54. The summed E-state index contributed by atoms with van der Waals surface area (Å²) in [5.41, 5.74) is 1.66. The number of rotatable bonds is 2. The Morgan fingerprint density at radius 2 is 2.10 bits per heavy atom. The van der Waals surface area contributed by atoms with Crippen molar-refractivity contribution >= 4 is 55.1 Å². The Labute approximate surface area is 121 Å². The molecule has 0 aliphatic heterocycles. The second kappa shape index (κ2) is 4.39. The summed E-state index contributed by atoms with van der Waals surface area (Å²) in [6, 6.07) is 3.64. The van der Waals surface area contributed by atoms with Gasteiger partial charge >= 0.3 is 0 Å². The zero-order chi connectivity index (χ0) is 13.5. The summed E-state index contributed by atoms with van der Waals surface area (Å²) >= 11 is 7.71. The molecule has 0 saturated heterocycles. The zero-order valence-electron chi connectivity index (χ0n) is 9.96. The van der Waals surface area contributed by atoms with E-state index in [1.54, 1.807) is 24.7 Å². The van der Waals surface area contributed by atoms with Crippen LogP contribution in [-0.2, 0) is 0 Å². The molecule has 0 aliphatic rings. The van der Waals surface area contributed by atoms with E-state index in [0.717, 1.165) is 26.3 Å². The summed E-state index contributed by atoms with van der Waals surface area (Å²) in [6.07, 6.45) is 5.08. The molecule has 1 aromatic carbocycles. The molecule has 20 heavy (non-hydrogen) atoms. The average Bonchev–Trinajstić information content (AvgIpc) is 3.06. The molecule has 0 unspecified atom stereocenters. The van der Waals surface area contributed by atoms with Crippen molar-refractivity contribution in [3.63, 3.8) is 0 Å². The van der Waals surface area contributed by atoms with Crippen molar-refractivity contribution < 1.29 is 0 Å². The summed E-state index contributed by atoms with van der Waals surface area (Å²) in [6.45, 7) is 0. The van der Waals surface area contributed by atoms with Gasteiger partial charge in [0.15, 0.2) is 5.13 Å². The van der Waals surface area contributed by atoms with Gasteiger partial charge in [0.2, 0.25) is 5.95 Å². The summed E-state index contributed by atoms with van der Waals surface area (Å²) < 4.78 is 0.988. The molecule has 0 amide bonds. The van der Waals surface area contributed by atoms with Gasteiger partial charge in [0.25, 0.3) is 0 Å². The van der Waals surface area contributed by atoms with Crippen molar-refractivity contribution in [2.45, 2.75) is 0 Å². The van der Waals surface area contributed by atoms with Crippen LogP contribution < -0.4 is 5.32 Å². The van der Waals surface area contributed by atoms with Crippen LogP contribution in [0.4, 0.5) is 11.1 Å². The monoisotopic (exact) mass is 302 g/mol. The second-order valence-electron chi connectivity index (χ2n) is 4.08. The number of nitrogens with one attached hydrogen (secondary N) is 2. The maximum absolute atomic E-state index is 6.21. The average molecular weight is 303 g/mol. The molecule has 0 spiro atoms. The highest BCUT2D eigenvalue weighted by molar-refractivity contribution is 7.22. The first-order valence-corrected chi connectivity index (χ1v) is 6.97. The van der Waals surface area contributed by atoms with E-state index in [-0.39, 0.29) is 0 Å². The number of aromatic nitrogens is 5.